The Morgan fingerprint density at radius 2 is 1.87 bits per heavy atom. The lowest BCUT2D eigenvalue weighted by Crippen LogP contribution is -2.48. The molecule has 0 aromatic carbocycles. The molecule has 3 unspecified atom stereocenters. The minimum Gasteiger partial charge on any atom is -0.313 e. The van der Waals surface area contributed by atoms with Crippen molar-refractivity contribution >= 4 is 10.8 Å². The van der Waals surface area contributed by atoms with Crippen LogP contribution in [0.2, 0.25) is 0 Å². The van der Waals surface area contributed by atoms with E-state index in [1.807, 2.05) is 0 Å². The predicted molar refractivity (Wildman–Crippen MR) is 67.6 cm³/mol. The van der Waals surface area contributed by atoms with Crippen molar-refractivity contribution in [3.63, 3.8) is 0 Å². The molecule has 0 aliphatic heterocycles. The molecule has 0 aromatic rings. The molecule has 1 N–H and O–H groups in total. The molecule has 3 heteroatoms. The number of hydrogen-bond donors (Lipinski definition) is 1. The Hall–Kier alpha value is 0.110. The van der Waals surface area contributed by atoms with Gasteiger partial charge in [-0.05, 0) is 40.2 Å². The van der Waals surface area contributed by atoms with Crippen LogP contribution in [0.4, 0.5) is 0 Å². The Labute approximate surface area is 96.7 Å². The summed E-state index contributed by atoms with van der Waals surface area (Å²) in [5.74, 6) is 0. The van der Waals surface area contributed by atoms with Crippen molar-refractivity contribution in [2.45, 2.75) is 69.4 Å². The van der Waals surface area contributed by atoms with E-state index < -0.39 is 10.8 Å². The third-order valence-corrected chi connectivity index (χ3v) is 5.37. The normalized spacial score (nSPS) is 30.1. The summed E-state index contributed by atoms with van der Waals surface area (Å²) in [6, 6.07) is 0.476. The van der Waals surface area contributed by atoms with Crippen molar-refractivity contribution in [1.82, 2.24) is 5.32 Å². The summed E-state index contributed by atoms with van der Waals surface area (Å²) in [5.41, 5.74) is 0. The molecule has 0 amide bonds. The van der Waals surface area contributed by atoms with Crippen LogP contribution in [0.15, 0.2) is 0 Å². The minimum absolute atomic E-state index is 0.0737. The van der Waals surface area contributed by atoms with E-state index in [0.717, 1.165) is 13.0 Å². The Morgan fingerprint density at radius 1 is 1.27 bits per heavy atom. The lowest BCUT2D eigenvalue weighted by molar-refractivity contribution is 0.382. The Morgan fingerprint density at radius 3 is 2.40 bits per heavy atom. The van der Waals surface area contributed by atoms with Crippen molar-refractivity contribution < 1.29 is 4.21 Å². The van der Waals surface area contributed by atoms with Crippen molar-refractivity contribution in [3.8, 4) is 0 Å². The van der Waals surface area contributed by atoms with Gasteiger partial charge in [-0.1, -0.05) is 19.8 Å². The molecule has 1 saturated carbocycles. The first-order valence-corrected chi connectivity index (χ1v) is 7.32. The zero-order chi connectivity index (χ0) is 11.5. The lowest BCUT2D eigenvalue weighted by Gasteiger charge is -2.35. The van der Waals surface area contributed by atoms with Gasteiger partial charge in [0.25, 0.3) is 0 Å². The molecule has 1 aliphatic carbocycles. The summed E-state index contributed by atoms with van der Waals surface area (Å²) < 4.78 is 12.3. The van der Waals surface area contributed by atoms with Crippen molar-refractivity contribution in [1.29, 1.82) is 0 Å². The van der Waals surface area contributed by atoms with E-state index in [2.05, 4.69) is 33.0 Å². The van der Waals surface area contributed by atoms with Gasteiger partial charge < -0.3 is 5.32 Å². The molecule has 0 spiro atoms. The van der Waals surface area contributed by atoms with Gasteiger partial charge in [-0.2, -0.15) is 0 Å². The molecule has 0 saturated heterocycles. The minimum atomic E-state index is -0.718. The van der Waals surface area contributed by atoms with Crippen molar-refractivity contribution in [2.75, 3.05) is 6.54 Å². The summed E-state index contributed by atoms with van der Waals surface area (Å²) in [5, 5.41) is 3.85. The van der Waals surface area contributed by atoms with Crippen molar-refractivity contribution in [3.05, 3.63) is 0 Å². The van der Waals surface area contributed by atoms with E-state index in [0.29, 0.717) is 11.3 Å². The topological polar surface area (TPSA) is 29.1 Å². The van der Waals surface area contributed by atoms with Crippen LogP contribution in [0.3, 0.4) is 0 Å². The molecule has 0 bridgehead atoms. The molecule has 0 radical (unpaired) electrons. The highest BCUT2D eigenvalue weighted by Crippen LogP contribution is 2.28. The third kappa shape index (κ3) is 3.56. The van der Waals surface area contributed by atoms with Crippen LogP contribution >= 0.6 is 0 Å². The molecule has 1 fully saturated rings. The molecule has 1 rings (SSSR count). The van der Waals surface area contributed by atoms with Gasteiger partial charge in [0.15, 0.2) is 0 Å². The van der Waals surface area contributed by atoms with Crippen molar-refractivity contribution in [2.24, 2.45) is 0 Å². The number of rotatable bonds is 3. The van der Waals surface area contributed by atoms with Crippen LogP contribution < -0.4 is 5.32 Å². The van der Waals surface area contributed by atoms with Gasteiger partial charge in [-0.15, -0.1) is 0 Å². The van der Waals surface area contributed by atoms with E-state index in [9.17, 15) is 4.21 Å². The van der Waals surface area contributed by atoms with Gasteiger partial charge >= 0.3 is 0 Å². The second kappa shape index (κ2) is 5.44. The lowest BCUT2D eigenvalue weighted by atomic mass is 9.95. The van der Waals surface area contributed by atoms with E-state index in [-0.39, 0.29) is 4.75 Å². The van der Waals surface area contributed by atoms with E-state index >= 15 is 0 Å². The van der Waals surface area contributed by atoms with Crippen LogP contribution in [-0.4, -0.2) is 26.8 Å². The second-order valence-corrected chi connectivity index (χ2v) is 7.82. The van der Waals surface area contributed by atoms with Gasteiger partial charge in [0, 0.05) is 21.6 Å². The van der Waals surface area contributed by atoms with Gasteiger partial charge in [-0.3, -0.25) is 4.21 Å². The summed E-state index contributed by atoms with van der Waals surface area (Å²) in [6.45, 7) is 9.37. The van der Waals surface area contributed by atoms with Gasteiger partial charge in [-0.25, -0.2) is 0 Å². The summed E-state index contributed by atoms with van der Waals surface area (Å²) >= 11 is 0. The van der Waals surface area contributed by atoms with E-state index in [4.69, 9.17) is 0 Å². The Bertz CT molecular complexity index is 220. The summed E-state index contributed by atoms with van der Waals surface area (Å²) in [7, 11) is -0.718. The molecule has 0 heterocycles. The maximum Gasteiger partial charge on any atom is 0.0506 e. The first-order valence-electron chi connectivity index (χ1n) is 6.11. The summed E-state index contributed by atoms with van der Waals surface area (Å²) in [4.78, 5) is 0. The Kier molecular flexibility index (Phi) is 4.78. The van der Waals surface area contributed by atoms with E-state index in [1.54, 1.807) is 0 Å². The van der Waals surface area contributed by atoms with Crippen LogP contribution in [0.25, 0.3) is 0 Å². The van der Waals surface area contributed by atoms with Crippen LogP contribution in [0, 0.1) is 0 Å². The fourth-order valence-electron chi connectivity index (χ4n) is 2.30. The number of hydrogen-bond acceptors (Lipinski definition) is 2. The highest BCUT2D eigenvalue weighted by atomic mass is 32.2. The molecule has 2 nitrogen and oxygen atoms in total. The molecule has 90 valence electrons. The predicted octanol–water partition coefficient (Wildman–Crippen LogP) is 2.45. The van der Waals surface area contributed by atoms with Crippen LogP contribution in [-0.2, 0) is 10.8 Å². The van der Waals surface area contributed by atoms with Gasteiger partial charge in [0.05, 0.1) is 5.25 Å². The zero-order valence-corrected chi connectivity index (χ0v) is 11.3. The molecule has 1 aliphatic rings. The van der Waals surface area contributed by atoms with Crippen LogP contribution in [0.1, 0.15) is 53.4 Å². The Balaban J connectivity index is 2.67. The largest absolute Gasteiger partial charge is 0.313 e. The molecular weight excluding hydrogens is 206 g/mol. The highest BCUT2D eigenvalue weighted by molar-refractivity contribution is 7.87. The smallest absolute Gasteiger partial charge is 0.0506 e. The quantitative estimate of drug-likeness (QED) is 0.808. The fraction of sp³-hybridized carbons (Fsp3) is 1.00. The first kappa shape index (κ1) is 13.2. The van der Waals surface area contributed by atoms with Crippen LogP contribution in [0.5, 0.6) is 0 Å². The number of nitrogens with one attached hydrogen (secondary N) is 1. The molecular formula is C12H25NOS. The zero-order valence-electron chi connectivity index (χ0n) is 10.5. The fourth-order valence-corrected chi connectivity index (χ4v) is 4.12. The van der Waals surface area contributed by atoms with Gasteiger partial charge in [0.1, 0.15) is 0 Å². The average Bonchev–Trinajstić information content (AvgIpc) is 2.17. The standard InChI is InChI=1S/C12H25NOS/c1-5-13-10-8-6-7-9-11(10)15(14)12(2,3)4/h10-11,13H,5-9H2,1-4H3. The third-order valence-electron chi connectivity index (χ3n) is 3.05. The highest BCUT2D eigenvalue weighted by Gasteiger charge is 2.34. The molecule has 15 heavy (non-hydrogen) atoms. The summed E-state index contributed by atoms with van der Waals surface area (Å²) in [6.07, 6.45) is 4.85. The monoisotopic (exact) mass is 231 g/mol. The molecule has 0 aromatic heterocycles. The van der Waals surface area contributed by atoms with Gasteiger partial charge in [0.2, 0.25) is 0 Å². The van der Waals surface area contributed by atoms with E-state index in [1.165, 1.54) is 19.3 Å². The first-order chi connectivity index (χ1) is 6.96. The second-order valence-electron chi connectivity index (χ2n) is 5.40. The SMILES string of the molecule is CCNC1CCCCC1S(=O)C(C)(C)C. The molecule has 3 atom stereocenters. The maximum absolute atomic E-state index is 12.4. The maximum atomic E-state index is 12.4. The average molecular weight is 231 g/mol.